The first-order valence-corrected chi connectivity index (χ1v) is 14.7. The van der Waals surface area contributed by atoms with Crippen LogP contribution in [0.1, 0.15) is 82.1 Å². The van der Waals surface area contributed by atoms with Gasteiger partial charge in [0.05, 0.1) is 0 Å². The Bertz CT molecular complexity index is 1260. The number of hydrogen-bond acceptors (Lipinski definition) is 2. The lowest BCUT2D eigenvalue weighted by atomic mass is 10.1. The van der Waals surface area contributed by atoms with Gasteiger partial charge in [0.1, 0.15) is 6.10 Å². The van der Waals surface area contributed by atoms with Crippen molar-refractivity contribution in [3.63, 3.8) is 0 Å². The molecule has 0 aliphatic heterocycles. The van der Waals surface area contributed by atoms with E-state index in [1.807, 2.05) is 57.2 Å². The van der Waals surface area contributed by atoms with Gasteiger partial charge in [-0.05, 0) is 93.7 Å². The lowest BCUT2D eigenvalue weighted by Gasteiger charge is -2.05. The molecule has 0 aromatic heterocycles. The Balaban J connectivity index is 4.84. The Labute approximate surface area is 257 Å². The maximum atomic E-state index is 12.2. The third kappa shape index (κ3) is 22.0. The maximum Gasteiger partial charge on any atom is 0.190 e. The fourth-order valence-electron chi connectivity index (χ4n) is 3.43. The molecule has 0 fully saturated rings. The molecular formula is C40H54O2. The number of aliphatic hydroxyl groups is 1. The van der Waals surface area contributed by atoms with Crippen LogP contribution in [0, 0.1) is 0 Å². The van der Waals surface area contributed by atoms with Crippen LogP contribution in [0.5, 0.6) is 0 Å². The van der Waals surface area contributed by atoms with Crippen molar-refractivity contribution in [3.8, 4) is 0 Å². The molecule has 0 aliphatic carbocycles. The third-order valence-electron chi connectivity index (χ3n) is 5.95. The molecule has 0 bridgehead atoms. The number of ketones is 1. The van der Waals surface area contributed by atoms with Crippen LogP contribution in [0.3, 0.4) is 0 Å². The summed E-state index contributed by atoms with van der Waals surface area (Å²) in [6, 6.07) is 0. The van der Waals surface area contributed by atoms with E-state index in [0.717, 1.165) is 29.6 Å². The zero-order valence-corrected chi connectivity index (χ0v) is 27.7. The summed E-state index contributed by atoms with van der Waals surface area (Å²) in [5.41, 5.74) is 8.80. The molecule has 0 amide bonds. The molecular weight excluding hydrogens is 512 g/mol. The van der Waals surface area contributed by atoms with Crippen molar-refractivity contribution in [1.82, 2.24) is 0 Å². The second kappa shape index (κ2) is 22.9. The summed E-state index contributed by atoms with van der Waals surface area (Å²) < 4.78 is 0. The van der Waals surface area contributed by atoms with Crippen molar-refractivity contribution in [3.05, 3.63) is 154 Å². The highest BCUT2D eigenvalue weighted by Gasteiger charge is 2.13. The predicted molar refractivity (Wildman–Crippen MR) is 187 cm³/mol. The molecule has 0 aliphatic rings. The highest BCUT2D eigenvalue weighted by atomic mass is 16.3. The summed E-state index contributed by atoms with van der Waals surface area (Å²) in [5, 5.41) is 9.92. The number of allylic oxidation sites excluding steroid dienone is 24. The van der Waals surface area contributed by atoms with Gasteiger partial charge in [0.15, 0.2) is 5.78 Å². The van der Waals surface area contributed by atoms with E-state index in [9.17, 15) is 9.90 Å². The molecule has 0 heterocycles. The Kier molecular flexibility index (Phi) is 20.8. The molecule has 0 rings (SSSR count). The fourth-order valence-corrected chi connectivity index (χ4v) is 3.43. The molecule has 0 saturated heterocycles. The van der Waals surface area contributed by atoms with Gasteiger partial charge >= 0.3 is 0 Å². The molecule has 0 radical (unpaired) electrons. The van der Waals surface area contributed by atoms with Gasteiger partial charge < -0.3 is 5.11 Å². The molecule has 1 unspecified atom stereocenters. The molecule has 0 aromatic rings. The van der Waals surface area contributed by atoms with Gasteiger partial charge in [0.25, 0.3) is 0 Å². The minimum Gasteiger partial charge on any atom is -0.381 e. The van der Waals surface area contributed by atoms with Crippen LogP contribution in [-0.2, 0) is 4.79 Å². The summed E-state index contributed by atoms with van der Waals surface area (Å²) in [6.07, 6.45) is 37.6. The van der Waals surface area contributed by atoms with E-state index in [1.165, 1.54) is 22.3 Å². The molecule has 0 saturated carbocycles. The number of Topliss-reactive ketones (excluding diaryl/α,β-unsaturated/α-hetero) is 1. The molecule has 1 atom stereocenters. The quantitative estimate of drug-likeness (QED) is 0.115. The molecule has 1 N–H and O–H groups in total. The van der Waals surface area contributed by atoms with Gasteiger partial charge in [-0.1, -0.05) is 142 Å². The zero-order chi connectivity index (χ0) is 31.9. The van der Waals surface area contributed by atoms with E-state index in [0.29, 0.717) is 5.57 Å². The molecule has 42 heavy (non-hydrogen) atoms. The number of carbonyl (C=O) groups is 1. The van der Waals surface area contributed by atoms with Gasteiger partial charge in [-0.15, -0.1) is 0 Å². The predicted octanol–water partition coefficient (Wildman–Crippen LogP) is 11.1. The topological polar surface area (TPSA) is 37.3 Å². The first-order chi connectivity index (χ1) is 19.8. The zero-order valence-electron chi connectivity index (χ0n) is 27.7. The van der Waals surface area contributed by atoms with E-state index < -0.39 is 6.10 Å². The van der Waals surface area contributed by atoms with Gasteiger partial charge in [0.2, 0.25) is 0 Å². The van der Waals surface area contributed by atoms with Crippen molar-refractivity contribution < 1.29 is 9.90 Å². The number of carbonyl (C=O) groups excluding carboxylic acids is 1. The van der Waals surface area contributed by atoms with Crippen molar-refractivity contribution in [2.24, 2.45) is 0 Å². The minimum absolute atomic E-state index is 0.280. The van der Waals surface area contributed by atoms with Gasteiger partial charge in [-0.3, -0.25) is 4.79 Å². The summed E-state index contributed by atoms with van der Waals surface area (Å²) in [4.78, 5) is 12.2. The van der Waals surface area contributed by atoms with Gasteiger partial charge in [-0.2, -0.15) is 0 Å². The van der Waals surface area contributed by atoms with E-state index in [1.54, 1.807) is 19.1 Å². The fraction of sp³-hybridized carbons (Fsp3) is 0.325. The van der Waals surface area contributed by atoms with Crippen LogP contribution in [0.25, 0.3) is 0 Å². The summed E-state index contributed by atoms with van der Waals surface area (Å²) in [6.45, 7) is 20.2. The van der Waals surface area contributed by atoms with Crippen LogP contribution >= 0.6 is 0 Å². The highest BCUT2D eigenvalue weighted by Crippen LogP contribution is 2.08. The number of rotatable bonds is 16. The van der Waals surface area contributed by atoms with Gasteiger partial charge in [-0.25, -0.2) is 0 Å². The second-order valence-corrected chi connectivity index (χ2v) is 11.2. The second-order valence-electron chi connectivity index (χ2n) is 11.2. The standard InChI is InChI=1S/C40H54O2/c1-31(2)18-13-21-35(7)24-16-26-36(8)25-14-22-33(5)19-11-12-20-34(6)23-15-27-37(9)28-17-29-38(10)40(42)39(41)30-32(3)4/h11-12,14-20,22-30,39,41H,13,21H2,1-10H3/b12-11+,22-14+,23-15+,26-16+,28-17+,33-19+,34-20+,35-24+,36-25+,37-27+,38-29+. The van der Waals surface area contributed by atoms with Crippen LogP contribution in [0.2, 0.25) is 0 Å². The normalized spacial score (nSPS) is 15.6. The Morgan fingerprint density at radius 2 is 0.952 bits per heavy atom. The highest BCUT2D eigenvalue weighted by molar-refractivity contribution is 5.99. The lowest BCUT2D eigenvalue weighted by Crippen LogP contribution is -2.18. The van der Waals surface area contributed by atoms with Crippen molar-refractivity contribution in [2.45, 2.75) is 88.2 Å². The van der Waals surface area contributed by atoms with Crippen LogP contribution in [0.4, 0.5) is 0 Å². The molecule has 0 aromatic carbocycles. The monoisotopic (exact) mass is 566 g/mol. The van der Waals surface area contributed by atoms with Crippen LogP contribution in [-0.4, -0.2) is 17.0 Å². The smallest absolute Gasteiger partial charge is 0.190 e. The Hall–Kier alpha value is -3.75. The molecule has 226 valence electrons. The average molecular weight is 567 g/mol. The van der Waals surface area contributed by atoms with Gasteiger partial charge in [0, 0.05) is 0 Å². The number of hydrogen-bond donors (Lipinski definition) is 1. The third-order valence-corrected chi connectivity index (χ3v) is 5.95. The van der Waals surface area contributed by atoms with E-state index >= 15 is 0 Å². The Morgan fingerprint density at radius 1 is 0.548 bits per heavy atom. The van der Waals surface area contributed by atoms with E-state index in [4.69, 9.17) is 0 Å². The minimum atomic E-state index is -1.09. The summed E-state index contributed by atoms with van der Waals surface area (Å²) >= 11 is 0. The first kappa shape index (κ1) is 38.2. The maximum absolute atomic E-state index is 12.2. The van der Waals surface area contributed by atoms with E-state index in [2.05, 4.69) is 102 Å². The summed E-state index contributed by atoms with van der Waals surface area (Å²) in [7, 11) is 0. The summed E-state index contributed by atoms with van der Waals surface area (Å²) in [5.74, 6) is -0.280. The largest absolute Gasteiger partial charge is 0.381 e. The average Bonchev–Trinajstić information content (AvgIpc) is 2.90. The lowest BCUT2D eigenvalue weighted by molar-refractivity contribution is -0.121. The molecule has 2 nitrogen and oxygen atoms in total. The van der Waals surface area contributed by atoms with Crippen LogP contribution < -0.4 is 0 Å². The SMILES string of the molecule is CC(C)=CCC/C(C)=C/C=C/C(C)=C/C=C/C(C)=C/C=C/C=C(C)/C=C/C=C(C)/C=C/C=C(\C)C(=O)C(O)C=C(C)C. The van der Waals surface area contributed by atoms with Crippen molar-refractivity contribution in [2.75, 3.05) is 0 Å². The Morgan fingerprint density at radius 3 is 1.38 bits per heavy atom. The van der Waals surface area contributed by atoms with E-state index in [-0.39, 0.29) is 5.78 Å². The first-order valence-electron chi connectivity index (χ1n) is 14.7. The number of aliphatic hydroxyl groups excluding tert-OH is 1. The molecule has 0 spiro atoms. The van der Waals surface area contributed by atoms with Crippen molar-refractivity contribution in [1.29, 1.82) is 0 Å². The van der Waals surface area contributed by atoms with Crippen molar-refractivity contribution >= 4 is 5.78 Å². The van der Waals surface area contributed by atoms with Crippen LogP contribution in [0.15, 0.2) is 154 Å². The molecule has 2 heteroatoms.